The largest absolute Gasteiger partial charge is 0.351 e. The Labute approximate surface area is 176 Å². The lowest BCUT2D eigenvalue weighted by Crippen LogP contribution is -2.24. The minimum atomic E-state index is -1.54. The molecule has 3 aromatic rings. The number of nitrogens with one attached hydrogen (secondary N) is 3. The molecule has 2 aromatic carbocycles. The average Bonchev–Trinajstić information content (AvgIpc) is 2.79. The van der Waals surface area contributed by atoms with E-state index in [1.165, 1.54) is 6.42 Å². The Bertz CT molecular complexity index is 1030. The molecule has 0 aliphatic heterocycles. The second-order valence-corrected chi connectivity index (χ2v) is 7.40. The SMILES string of the molecule is Fc1cc(F)c(F)c(NNc2cc(-c3ccccc3)nc(NC3CCCCC3)n2)c1F. The lowest BCUT2D eigenvalue weighted by molar-refractivity contribution is 0.459. The highest BCUT2D eigenvalue weighted by Crippen LogP contribution is 2.27. The van der Waals surface area contributed by atoms with Gasteiger partial charge in [-0.3, -0.25) is 10.9 Å². The van der Waals surface area contributed by atoms with Gasteiger partial charge in [0.25, 0.3) is 0 Å². The molecular formula is C22H21F4N5. The zero-order chi connectivity index (χ0) is 21.8. The summed E-state index contributed by atoms with van der Waals surface area (Å²) in [7, 11) is 0. The van der Waals surface area contributed by atoms with Crippen molar-refractivity contribution in [2.24, 2.45) is 0 Å². The van der Waals surface area contributed by atoms with Crippen molar-refractivity contribution in [3.8, 4) is 11.3 Å². The third-order valence-corrected chi connectivity index (χ3v) is 5.16. The van der Waals surface area contributed by atoms with E-state index in [0.29, 0.717) is 11.6 Å². The van der Waals surface area contributed by atoms with E-state index in [2.05, 4.69) is 26.1 Å². The van der Waals surface area contributed by atoms with Crippen LogP contribution in [0.1, 0.15) is 32.1 Å². The molecule has 4 rings (SSSR count). The summed E-state index contributed by atoms with van der Waals surface area (Å²) in [6.07, 6.45) is 5.43. The van der Waals surface area contributed by atoms with Gasteiger partial charge in [-0.25, -0.2) is 22.5 Å². The van der Waals surface area contributed by atoms with Crippen LogP contribution in [0, 0.1) is 23.3 Å². The van der Waals surface area contributed by atoms with Gasteiger partial charge in [0.1, 0.15) is 5.69 Å². The molecule has 1 fully saturated rings. The van der Waals surface area contributed by atoms with Crippen molar-refractivity contribution in [3.63, 3.8) is 0 Å². The van der Waals surface area contributed by atoms with Gasteiger partial charge in [0.15, 0.2) is 29.1 Å². The zero-order valence-electron chi connectivity index (χ0n) is 16.6. The van der Waals surface area contributed by atoms with Gasteiger partial charge in [-0.1, -0.05) is 49.6 Å². The summed E-state index contributed by atoms with van der Waals surface area (Å²) in [5.74, 6) is -5.56. The minimum Gasteiger partial charge on any atom is -0.351 e. The van der Waals surface area contributed by atoms with E-state index < -0.39 is 29.0 Å². The summed E-state index contributed by atoms with van der Waals surface area (Å²) in [5.41, 5.74) is 5.14. The Morgan fingerprint density at radius 1 is 0.774 bits per heavy atom. The van der Waals surface area contributed by atoms with Crippen molar-refractivity contribution >= 4 is 17.5 Å². The highest BCUT2D eigenvalue weighted by Gasteiger charge is 2.20. The number of anilines is 3. The Morgan fingerprint density at radius 3 is 2.13 bits per heavy atom. The minimum absolute atomic E-state index is 0.153. The molecule has 1 heterocycles. The topological polar surface area (TPSA) is 61.9 Å². The molecule has 1 aromatic heterocycles. The molecule has 0 unspecified atom stereocenters. The van der Waals surface area contributed by atoms with Crippen LogP contribution in [0.15, 0.2) is 42.5 Å². The predicted octanol–water partition coefficient (Wildman–Crippen LogP) is 5.88. The summed E-state index contributed by atoms with van der Waals surface area (Å²) >= 11 is 0. The van der Waals surface area contributed by atoms with Crippen molar-refractivity contribution in [1.82, 2.24) is 9.97 Å². The maximum Gasteiger partial charge on any atom is 0.225 e. The maximum atomic E-state index is 13.9. The van der Waals surface area contributed by atoms with E-state index in [4.69, 9.17) is 0 Å². The molecule has 1 saturated carbocycles. The monoisotopic (exact) mass is 431 g/mol. The third-order valence-electron chi connectivity index (χ3n) is 5.16. The summed E-state index contributed by atoms with van der Waals surface area (Å²) in [6.45, 7) is 0. The van der Waals surface area contributed by atoms with Gasteiger partial charge in [0, 0.05) is 23.7 Å². The van der Waals surface area contributed by atoms with E-state index in [1.54, 1.807) is 6.07 Å². The van der Waals surface area contributed by atoms with Crippen LogP contribution in [0.3, 0.4) is 0 Å². The predicted molar refractivity (Wildman–Crippen MR) is 111 cm³/mol. The Hall–Kier alpha value is -3.36. The van der Waals surface area contributed by atoms with E-state index in [0.717, 1.165) is 31.2 Å². The van der Waals surface area contributed by atoms with E-state index >= 15 is 0 Å². The molecule has 0 saturated heterocycles. The number of hydrazine groups is 1. The smallest absolute Gasteiger partial charge is 0.225 e. The normalized spacial score (nSPS) is 14.3. The van der Waals surface area contributed by atoms with Gasteiger partial charge < -0.3 is 5.32 Å². The van der Waals surface area contributed by atoms with Crippen LogP contribution in [-0.2, 0) is 0 Å². The number of halogens is 4. The van der Waals surface area contributed by atoms with Crippen LogP contribution in [-0.4, -0.2) is 16.0 Å². The number of benzene rings is 2. The molecule has 0 amide bonds. The number of hydrogen-bond donors (Lipinski definition) is 3. The molecule has 5 nitrogen and oxygen atoms in total. The molecule has 1 aliphatic carbocycles. The van der Waals surface area contributed by atoms with Gasteiger partial charge in [-0.15, -0.1) is 0 Å². The molecule has 0 spiro atoms. The van der Waals surface area contributed by atoms with E-state index in [-0.39, 0.29) is 17.9 Å². The van der Waals surface area contributed by atoms with Crippen LogP contribution < -0.4 is 16.2 Å². The van der Waals surface area contributed by atoms with Crippen LogP contribution in [0.25, 0.3) is 11.3 Å². The van der Waals surface area contributed by atoms with Crippen LogP contribution in [0.4, 0.5) is 35.0 Å². The van der Waals surface area contributed by atoms with Crippen molar-refractivity contribution < 1.29 is 17.6 Å². The third kappa shape index (κ3) is 4.87. The number of rotatable bonds is 6. The lowest BCUT2D eigenvalue weighted by Gasteiger charge is -2.23. The van der Waals surface area contributed by atoms with Gasteiger partial charge in [-0.2, -0.15) is 4.98 Å². The average molecular weight is 431 g/mol. The van der Waals surface area contributed by atoms with Crippen LogP contribution >= 0.6 is 0 Å². The van der Waals surface area contributed by atoms with Gasteiger partial charge in [0.2, 0.25) is 5.95 Å². The molecule has 0 atom stereocenters. The molecule has 31 heavy (non-hydrogen) atoms. The van der Waals surface area contributed by atoms with Gasteiger partial charge in [0.05, 0.1) is 5.69 Å². The zero-order valence-corrected chi connectivity index (χ0v) is 16.6. The fourth-order valence-corrected chi connectivity index (χ4v) is 3.57. The molecule has 1 aliphatic rings. The molecule has 162 valence electrons. The van der Waals surface area contributed by atoms with E-state index in [9.17, 15) is 17.6 Å². The first-order valence-corrected chi connectivity index (χ1v) is 10.1. The quantitative estimate of drug-likeness (QED) is 0.258. The first kappa shape index (κ1) is 20.9. The number of hydrogen-bond acceptors (Lipinski definition) is 5. The molecule has 0 radical (unpaired) electrons. The molecule has 0 bridgehead atoms. The first-order valence-electron chi connectivity index (χ1n) is 10.1. The summed E-state index contributed by atoms with van der Waals surface area (Å²) in [6, 6.07) is 11.3. The van der Waals surface area contributed by atoms with Crippen molar-refractivity contribution in [3.05, 3.63) is 65.7 Å². The highest BCUT2D eigenvalue weighted by atomic mass is 19.2. The number of nitrogens with zero attached hydrogens (tertiary/aromatic N) is 2. The van der Waals surface area contributed by atoms with Gasteiger partial charge >= 0.3 is 0 Å². The van der Waals surface area contributed by atoms with Gasteiger partial charge in [-0.05, 0) is 12.8 Å². The standard InChI is InChI=1S/C22H21F4N5/c23-15-11-16(24)20(26)21(19(15)25)31-30-18-12-17(13-7-3-1-4-8-13)28-22(29-18)27-14-9-5-2-6-10-14/h1,3-4,7-8,11-12,14,31H,2,5-6,9-10H2,(H2,27,28,29,30). The Balaban J connectivity index is 1.62. The maximum absolute atomic E-state index is 13.9. The second kappa shape index (κ2) is 9.20. The fraction of sp³-hybridized carbons (Fsp3) is 0.273. The molecular weight excluding hydrogens is 410 g/mol. The van der Waals surface area contributed by atoms with Crippen LogP contribution in [0.2, 0.25) is 0 Å². The molecule has 3 N–H and O–H groups in total. The van der Waals surface area contributed by atoms with E-state index in [1.807, 2.05) is 30.3 Å². The fourth-order valence-electron chi connectivity index (χ4n) is 3.57. The lowest BCUT2D eigenvalue weighted by atomic mass is 9.96. The van der Waals surface area contributed by atoms with Crippen LogP contribution in [0.5, 0.6) is 0 Å². The van der Waals surface area contributed by atoms with Crippen molar-refractivity contribution in [2.45, 2.75) is 38.1 Å². The van der Waals surface area contributed by atoms with Crippen molar-refractivity contribution in [1.29, 1.82) is 0 Å². The summed E-state index contributed by atoms with van der Waals surface area (Å²) < 4.78 is 54.8. The summed E-state index contributed by atoms with van der Waals surface area (Å²) in [4.78, 5) is 8.90. The molecule has 9 heteroatoms. The number of aromatic nitrogens is 2. The van der Waals surface area contributed by atoms with Crippen molar-refractivity contribution in [2.75, 3.05) is 16.2 Å². The first-order chi connectivity index (χ1) is 15.0. The highest BCUT2D eigenvalue weighted by molar-refractivity contribution is 5.65. The Morgan fingerprint density at radius 2 is 1.45 bits per heavy atom. The second-order valence-electron chi connectivity index (χ2n) is 7.40. The summed E-state index contributed by atoms with van der Waals surface area (Å²) in [5, 5.41) is 3.31. The Kier molecular flexibility index (Phi) is 6.20.